The van der Waals surface area contributed by atoms with Crippen molar-refractivity contribution in [1.82, 2.24) is 0 Å². The Kier molecular flexibility index (Phi) is 5.36. The van der Waals surface area contributed by atoms with Crippen LogP contribution in [0.3, 0.4) is 0 Å². The number of rotatable bonds is 5. The zero-order valence-electron chi connectivity index (χ0n) is 14.2. The standard InChI is InChI=1S/C20H23NO4/c1-25-17-10-9-16(21-20(24)13-5-3-2-4-6-13)18-14(11-22)7-8-15(12-23)19(17)18/h2-6,9-10,14-15,22-23H,7-8,11-12H2,1H3,(H,21,24)/t14-,15+/m1/s1. The highest BCUT2D eigenvalue weighted by atomic mass is 16.5. The first-order valence-electron chi connectivity index (χ1n) is 8.48. The summed E-state index contributed by atoms with van der Waals surface area (Å²) < 4.78 is 5.48. The first-order valence-corrected chi connectivity index (χ1v) is 8.48. The number of aliphatic hydroxyl groups is 2. The third-order valence-electron chi connectivity index (χ3n) is 4.87. The van der Waals surface area contributed by atoms with Gasteiger partial charge in [-0.25, -0.2) is 0 Å². The fourth-order valence-electron chi connectivity index (χ4n) is 3.60. The van der Waals surface area contributed by atoms with Crippen LogP contribution in [0.4, 0.5) is 5.69 Å². The van der Waals surface area contributed by atoms with E-state index >= 15 is 0 Å². The van der Waals surface area contributed by atoms with Crippen molar-refractivity contribution in [2.75, 3.05) is 25.6 Å². The van der Waals surface area contributed by atoms with Crippen LogP contribution in [-0.2, 0) is 0 Å². The van der Waals surface area contributed by atoms with Crippen LogP contribution in [0, 0.1) is 0 Å². The maximum Gasteiger partial charge on any atom is 0.255 e. The van der Waals surface area contributed by atoms with Crippen molar-refractivity contribution in [2.45, 2.75) is 24.7 Å². The Morgan fingerprint density at radius 1 is 1.04 bits per heavy atom. The van der Waals surface area contributed by atoms with E-state index in [4.69, 9.17) is 4.74 Å². The highest BCUT2D eigenvalue weighted by Gasteiger charge is 2.32. The van der Waals surface area contributed by atoms with E-state index in [1.54, 1.807) is 25.3 Å². The molecule has 25 heavy (non-hydrogen) atoms. The Hall–Kier alpha value is -2.37. The number of hydrogen-bond donors (Lipinski definition) is 3. The second-order valence-corrected chi connectivity index (χ2v) is 6.30. The lowest BCUT2D eigenvalue weighted by atomic mass is 9.76. The lowest BCUT2D eigenvalue weighted by Crippen LogP contribution is -2.23. The topological polar surface area (TPSA) is 78.8 Å². The first kappa shape index (κ1) is 17.5. The zero-order chi connectivity index (χ0) is 17.8. The quantitative estimate of drug-likeness (QED) is 0.781. The average molecular weight is 341 g/mol. The number of nitrogens with one attached hydrogen (secondary N) is 1. The number of aliphatic hydroxyl groups excluding tert-OH is 2. The second-order valence-electron chi connectivity index (χ2n) is 6.30. The molecule has 1 aliphatic carbocycles. The minimum absolute atomic E-state index is 0.00742. The smallest absolute Gasteiger partial charge is 0.255 e. The molecule has 1 amide bonds. The third-order valence-corrected chi connectivity index (χ3v) is 4.87. The van der Waals surface area contributed by atoms with E-state index in [0.717, 1.165) is 24.0 Å². The summed E-state index contributed by atoms with van der Waals surface area (Å²) in [6.45, 7) is 0.00408. The summed E-state index contributed by atoms with van der Waals surface area (Å²) in [7, 11) is 1.59. The number of carbonyl (C=O) groups is 1. The second kappa shape index (κ2) is 7.68. The average Bonchev–Trinajstić information content (AvgIpc) is 2.67. The maximum absolute atomic E-state index is 12.5. The van der Waals surface area contributed by atoms with Crippen LogP contribution in [0.1, 0.15) is 46.2 Å². The van der Waals surface area contributed by atoms with Crippen LogP contribution in [0.15, 0.2) is 42.5 Å². The maximum atomic E-state index is 12.5. The van der Waals surface area contributed by atoms with Crippen LogP contribution in [0.2, 0.25) is 0 Å². The largest absolute Gasteiger partial charge is 0.496 e. The lowest BCUT2D eigenvalue weighted by Gasteiger charge is -2.33. The van der Waals surface area contributed by atoms with Crippen LogP contribution in [0.25, 0.3) is 0 Å². The van der Waals surface area contributed by atoms with Gasteiger partial charge in [-0.1, -0.05) is 18.2 Å². The lowest BCUT2D eigenvalue weighted by molar-refractivity contribution is 0.102. The Balaban J connectivity index is 2.04. The Morgan fingerprint density at radius 2 is 1.68 bits per heavy atom. The van der Waals surface area contributed by atoms with E-state index in [-0.39, 0.29) is 31.0 Å². The highest BCUT2D eigenvalue weighted by Crippen LogP contribution is 2.46. The Labute approximate surface area is 147 Å². The SMILES string of the molecule is COc1ccc(NC(=O)c2ccccc2)c2c1[C@H](CO)CC[C@@H]2CO. The monoisotopic (exact) mass is 341 g/mol. The molecular weight excluding hydrogens is 318 g/mol. The van der Waals surface area contributed by atoms with Crippen molar-refractivity contribution in [3.63, 3.8) is 0 Å². The summed E-state index contributed by atoms with van der Waals surface area (Å²) in [5.41, 5.74) is 3.00. The normalized spacial score (nSPS) is 19.2. The summed E-state index contributed by atoms with van der Waals surface area (Å²) in [4.78, 5) is 12.5. The number of carbonyl (C=O) groups excluding carboxylic acids is 1. The summed E-state index contributed by atoms with van der Waals surface area (Å²) in [5.74, 6) is 0.348. The van der Waals surface area contributed by atoms with E-state index in [0.29, 0.717) is 17.0 Å². The summed E-state index contributed by atoms with van der Waals surface area (Å²) >= 11 is 0. The molecule has 2 aromatic carbocycles. The van der Waals surface area contributed by atoms with E-state index in [1.165, 1.54) is 0 Å². The number of fused-ring (bicyclic) bond motifs is 1. The minimum atomic E-state index is -0.198. The molecule has 3 rings (SSSR count). The molecule has 2 aromatic rings. The van der Waals surface area contributed by atoms with E-state index in [1.807, 2.05) is 24.3 Å². The van der Waals surface area contributed by atoms with Crippen molar-refractivity contribution in [1.29, 1.82) is 0 Å². The molecule has 2 atom stereocenters. The van der Waals surface area contributed by atoms with Gasteiger partial charge in [0.2, 0.25) is 0 Å². The van der Waals surface area contributed by atoms with Crippen LogP contribution >= 0.6 is 0 Å². The van der Waals surface area contributed by atoms with Gasteiger partial charge in [-0.15, -0.1) is 0 Å². The molecular formula is C20H23NO4. The Morgan fingerprint density at radius 3 is 2.28 bits per heavy atom. The van der Waals surface area contributed by atoms with Gasteiger partial charge in [0.25, 0.3) is 5.91 Å². The molecule has 0 saturated carbocycles. The van der Waals surface area contributed by atoms with Crippen molar-refractivity contribution < 1.29 is 19.7 Å². The number of methoxy groups -OCH3 is 1. The predicted molar refractivity (Wildman–Crippen MR) is 96.3 cm³/mol. The van der Waals surface area contributed by atoms with Crippen LogP contribution < -0.4 is 10.1 Å². The molecule has 0 fully saturated rings. The molecule has 0 radical (unpaired) electrons. The molecule has 0 aliphatic heterocycles. The fourth-order valence-corrected chi connectivity index (χ4v) is 3.60. The highest BCUT2D eigenvalue weighted by molar-refractivity contribution is 6.04. The number of amides is 1. The van der Waals surface area contributed by atoms with Gasteiger partial charge >= 0.3 is 0 Å². The van der Waals surface area contributed by atoms with Crippen LogP contribution in [-0.4, -0.2) is 36.4 Å². The molecule has 1 aliphatic rings. The molecule has 0 spiro atoms. The van der Waals surface area contributed by atoms with Gasteiger partial charge < -0.3 is 20.3 Å². The number of hydrogen-bond acceptors (Lipinski definition) is 4. The van der Waals surface area contributed by atoms with Crippen LogP contribution in [0.5, 0.6) is 5.75 Å². The van der Waals surface area contributed by atoms with Gasteiger partial charge in [0.1, 0.15) is 5.75 Å². The fraction of sp³-hybridized carbons (Fsp3) is 0.350. The Bertz CT molecular complexity index is 745. The molecule has 5 heteroatoms. The number of ether oxygens (including phenoxy) is 1. The van der Waals surface area contributed by atoms with E-state index < -0.39 is 0 Å². The summed E-state index contributed by atoms with van der Waals surface area (Å²) in [5, 5.41) is 22.5. The molecule has 0 saturated heterocycles. The zero-order valence-corrected chi connectivity index (χ0v) is 14.2. The van der Waals surface area contributed by atoms with Gasteiger partial charge in [0, 0.05) is 28.7 Å². The van der Waals surface area contributed by atoms with Gasteiger partial charge in [-0.3, -0.25) is 4.79 Å². The summed E-state index contributed by atoms with van der Waals surface area (Å²) in [6, 6.07) is 12.6. The predicted octanol–water partition coefficient (Wildman–Crippen LogP) is 2.89. The van der Waals surface area contributed by atoms with Crippen molar-refractivity contribution in [3.8, 4) is 5.75 Å². The molecule has 132 valence electrons. The van der Waals surface area contributed by atoms with Gasteiger partial charge in [-0.2, -0.15) is 0 Å². The van der Waals surface area contributed by atoms with Crippen molar-refractivity contribution in [3.05, 3.63) is 59.2 Å². The van der Waals surface area contributed by atoms with E-state index in [2.05, 4.69) is 5.32 Å². The molecule has 3 N–H and O–H groups in total. The molecule has 0 bridgehead atoms. The van der Waals surface area contributed by atoms with Gasteiger partial charge in [-0.05, 0) is 42.7 Å². The molecule has 0 heterocycles. The minimum Gasteiger partial charge on any atom is -0.496 e. The third kappa shape index (κ3) is 3.38. The van der Waals surface area contributed by atoms with Crippen molar-refractivity contribution in [2.24, 2.45) is 0 Å². The molecule has 5 nitrogen and oxygen atoms in total. The number of anilines is 1. The van der Waals surface area contributed by atoms with E-state index in [9.17, 15) is 15.0 Å². The van der Waals surface area contributed by atoms with Crippen molar-refractivity contribution >= 4 is 11.6 Å². The van der Waals surface area contributed by atoms with Gasteiger partial charge in [0.15, 0.2) is 0 Å². The summed E-state index contributed by atoms with van der Waals surface area (Å²) in [6.07, 6.45) is 1.54. The molecule has 0 aromatic heterocycles. The number of benzene rings is 2. The molecule has 0 unspecified atom stereocenters. The van der Waals surface area contributed by atoms with Gasteiger partial charge in [0.05, 0.1) is 20.3 Å². The first-order chi connectivity index (χ1) is 12.2.